The van der Waals surface area contributed by atoms with Crippen LogP contribution in [-0.4, -0.2) is 31.3 Å². The molecule has 64 valence electrons. The molecule has 1 unspecified atom stereocenters. The van der Waals surface area contributed by atoms with Crippen molar-refractivity contribution in [2.24, 2.45) is 0 Å². The number of hydrogen-bond donors (Lipinski definition) is 2. The monoisotopic (exact) mass is 158 g/mol. The van der Waals surface area contributed by atoms with Gasteiger partial charge in [0.15, 0.2) is 0 Å². The highest BCUT2D eigenvalue weighted by Gasteiger charge is 2.35. The van der Waals surface area contributed by atoms with Crippen LogP contribution < -0.4 is 10.6 Å². The first-order chi connectivity index (χ1) is 5.29. The van der Waals surface area contributed by atoms with E-state index in [0.717, 1.165) is 6.54 Å². The topological polar surface area (TPSA) is 24.1 Å². The third kappa shape index (κ3) is 1.91. The van der Waals surface area contributed by atoms with Gasteiger partial charge in [0.1, 0.15) is 5.67 Å². The highest BCUT2D eigenvalue weighted by Crippen LogP contribution is 2.23. The summed E-state index contributed by atoms with van der Waals surface area (Å²) in [4.78, 5) is 0. The van der Waals surface area contributed by atoms with Crippen LogP contribution in [0.25, 0.3) is 0 Å². The number of rotatable bonds is 3. The second-order valence-corrected chi connectivity index (χ2v) is 3.73. The molecule has 2 aliphatic rings. The summed E-state index contributed by atoms with van der Waals surface area (Å²) in [5.41, 5.74) is -0.956. The van der Waals surface area contributed by atoms with E-state index < -0.39 is 5.67 Å². The van der Waals surface area contributed by atoms with Crippen molar-refractivity contribution in [3.8, 4) is 0 Å². The zero-order chi connectivity index (χ0) is 7.73. The van der Waals surface area contributed by atoms with Crippen LogP contribution in [0.5, 0.6) is 0 Å². The van der Waals surface area contributed by atoms with E-state index in [2.05, 4.69) is 10.6 Å². The Labute approximate surface area is 66.5 Å². The average molecular weight is 158 g/mol. The van der Waals surface area contributed by atoms with E-state index in [9.17, 15) is 4.39 Å². The number of halogens is 1. The molecule has 0 aromatic heterocycles. The zero-order valence-corrected chi connectivity index (χ0v) is 6.70. The normalized spacial score (nSPS) is 37.9. The quantitative estimate of drug-likeness (QED) is 0.623. The van der Waals surface area contributed by atoms with Crippen molar-refractivity contribution in [3.63, 3.8) is 0 Å². The minimum Gasteiger partial charge on any atom is -0.313 e. The van der Waals surface area contributed by atoms with Crippen LogP contribution in [0.1, 0.15) is 19.3 Å². The summed E-state index contributed by atoms with van der Waals surface area (Å²) < 4.78 is 13.6. The van der Waals surface area contributed by atoms with Gasteiger partial charge in [0.25, 0.3) is 0 Å². The maximum absolute atomic E-state index is 13.6. The molecule has 1 aliphatic carbocycles. The van der Waals surface area contributed by atoms with Crippen LogP contribution in [0.2, 0.25) is 0 Å². The lowest BCUT2D eigenvalue weighted by Gasteiger charge is -2.18. The second kappa shape index (κ2) is 2.72. The van der Waals surface area contributed by atoms with Crippen LogP contribution in [0, 0.1) is 0 Å². The largest absolute Gasteiger partial charge is 0.313 e. The predicted molar refractivity (Wildman–Crippen MR) is 42.4 cm³/mol. The van der Waals surface area contributed by atoms with Crippen LogP contribution in [-0.2, 0) is 0 Å². The molecule has 1 atom stereocenters. The van der Waals surface area contributed by atoms with Crippen LogP contribution in [0.3, 0.4) is 0 Å². The lowest BCUT2D eigenvalue weighted by Crippen LogP contribution is -2.39. The minimum atomic E-state index is -0.956. The number of hydrogen-bond acceptors (Lipinski definition) is 2. The van der Waals surface area contributed by atoms with Gasteiger partial charge in [0.2, 0.25) is 0 Å². The molecule has 1 heterocycles. The van der Waals surface area contributed by atoms with Crippen molar-refractivity contribution in [2.45, 2.75) is 31.0 Å². The van der Waals surface area contributed by atoms with E-state index in [1.165, 1.54) is 12.8 Å². The SMILES string of the molecule is FC1(CNC2CC2)CCNC1. The van der Waals surface area contributed by atoms with Gasteiger partial charge in [-0.2, -0.15) is 0 Å². The van der Waals surface area contributed by atoms with E-state index in [1.807, 2.05) is 0 Å². The molecule has 0 radical (unpaired) electrons. The van der Waals surface area contributed by atoms with E-state index in [-0.39, 0.29) is 0 Å². The Morgan fingerprint density at radius 2 is 2.36 bits per heavy atom. The van der Waals surface area contributed by atoms with Crippen molar-refractivity contribution in [1.82, 2.24) is 10.6 Å². The molecular formula is C8H15FN2. The Bertz CT molecular complexity index is 139. The molecule has 1 aliphatic heterocycles. The average Bonchev–Trinajstić information content (AvgIpc) is 2.73. The van der Waals surface area contributed by atoms with Crippen molar-refractivity contribution >= 4 is 0 Å². The summed E-state index contributed by atoms with van der Waals surface area (Å²) in [5.74, 6) is 0. The fourth-order valence-electron chi connectivity index (χ4n) is 1.48. The zero-order valence-electron chi connectivity index (χ0n) is 6.70. The molecule has 2 fully saturated rings. The Hall–Kier alpha value is -0.150. The van der Waals surface area contributed by atoms with Crippen LogP contribution in [0.4, 0.5) is 4.39 Å². The molecular weight excluding hydrogens is 143 g/mol. The Morgan fingerprint density at radius 3 is 2.91 bits per heavy atom. The molecule has 11 heavy (non-hydrogen) atoms. The molecule has 0 amide bonds. The minimum absolute atomic E-state index is 0.534. The Balaban J connectivity index is 1.73. The smallest absolute Gasteiger partial charge is 0.136 e. The molecule has 2 rings (SSSR count). The summed E-state index contributed by atoms with van der Waals surface area (Å²) in [6.07, 6.45) is 3.15. The maximum atomic E-state index is 13.6. The molecule has 0 bridgehead atoms. The first-order valence-corrected chi connectivity index (χ1v) is 4.42. The summed E-state index contributed by atoms with van der Waals surface area (Å²) in [5, 5.41) is 6.27. The highest BCUT2D eigenvalue weighted by molar-refractivity contribution is 4.93. The second-order valence-electron chi connectivity index (χ2n) is 3.73. The van der Waals surface area contributed by atoms with Gasteiger partial charge >= 0.3 is 0 Å². The van der Waals surface area contributed by atoms with Crippen molar-refractivity contribution in [3.05, 3.63) is 0 Å². The van der Waals surface area contributed by atoms with E-state index in [4.69, 9.17) is 0 Å². The molecule has 2 N–H and O–H groups in total. The Morgan fingerprint density at radius 1 is 1.55 bits per heavy atom. The van der Waals surface area contributed by atoms with Gasteiger partial charge in [0, 0.05) is 19.1 Å². The van der Waals surface area contributed by atoms with Gasteiger partial charge in [-0.15, -0.1) is 0 Å². The van der Waals surface area contributed by atoms with E-state index in [1.54, 1.807) is 0 Å². The standard InChI is InChI=1S/C8H15FN2/c9-8(3-4-10-5-8)6-11-7-1-2-7/h7,10-11H,1-6H2. The van der Waals surface area contributed by atoms with E-state index >= 15 is 0 Å². The first kappa shape index (κ1) is 7.50. The Kier molecular flexibility index (Phi) is 1.85. The lowest BCUT2D eigenvalue weighted by atomic mass is 10.1. The summed E-state index contributed by atoms with van der Waals surface area (Å²) in [6.45, 7) is 1.92. The first-order valence-electron chi connectivity index (χ1n) is 4.42. The van der Waals surface area contributed by atoms with Crippen molar-refractivity contribution in [1.29, 1.82) is 0 Å². The van der Waals surface area contributed by atoms with Gasteiger partial charge in [-0.3, -0.25) is 0 Å². The fourth-order valence-corrected chi connectivity index (χ4v) is 1.48. The number of nitrogens with one attached hydrogen (secondary N) is 2. The molecule has 1 saturated carbocycles. The predicted octanol–water partition coefficient (Wildman–Crippen LogP) is 0.440. The molecule has 0 aromatic rings. The third-order valence-electron chi connectivity index (χ3n) is 2.48. The molecule has 0 aromatic carbocycles. The molecule has 1 saturated heterocycles. The molecule has 2 nitrogen and oxygen atoms in total. The number of alkyl halides is 1. The third-order valence-corrected chi connectivity index (χ3v) is 2.48. The van der Waals surface area contributed by atoms with Crippen LogP contribution >= 0.6 is 0 Å². The van der Waals surface area contributed by atoms with E-state index in [0.29, 0.717) is 25.6 Å². The van der Waals surface area contributed by atoms with Gasteiger partial charge in [-0.1, -0.05) is 0 Å². The summed E-state index contributed by atoms with van der Waals surface area (Å²) >= 11 is 0. The van der Waals surface area contributed by atoms with Gasteiger partial charge in [0.05, 0.1) is 0 Å². The van der Waals surface area contributed by atoms with Gasteiger partial charge in [-0.05, 0) is 25.8 Å². The summed E-state index contributed by atoms with van der Waals surface area (Å²) in [7, 11) is 0. The van der Waals surface area contributed by atoms with Crippen LogP contribution in [0.15, 0.2) is 0 Å². The lowest BCUT2D eigenvalue weighted by molar-refractivity contribution is 0.184. The fraction of sp³-hybridized carbons (Fsp3) is 1.00. The molecule has 0 spiro atoms. The van der Waals surface area contributed by atoms with Gasteiger partial charge in [-0.25, -0.2) is 4.39 Å². The summed E-state index contributed by atoms with van der Waals surface area (Å²) in [6, 6.07) is 0.628. The molecule has 3 heteroatoms. The highest BCUT2D eigenvalue weighted by atomic mass is 19.1. The maximum Gasteiger partial charge on any atom is 0.136 e. The van der Waals surface area contributed by atoms with Crippen molar-refractivity contribution < 1.29 is 4.39 Å². The van der Waals surface area contributed by atoms with Crippen molar-refractivity contribution in [2.75, 3.05) is 19.6 Å². The van der Waals surface area contributed by atoms with Gasteiger partial charge < -0.3 is 10.6 Å².